The Bertz CT molecular complexity index is 402. The van der Waals surface area contributed by atoms with E-state index in [0.717, 1.165) is 12.8 Å². The van der Waals surface area contributed by atoms with Crippen molar-refractivity contribution in [2.75, 3.05) is 0 Å². The van der Waals surface area contributed by atoms with Gasteiger partial charge < -0.3 is 5.43 Å². The molecule has 1 saturated carbocycles. The lowest BCUT2D eigenvalue weighted by atomic mass is 10.2. The van der Waals surface area contributed by atoms with Gasteiger partial charge >= 0.3 is 0 Å². The Morgan fingerprint density at radius 2 is 2.27 bits per heavy atom. The van der Waals surface area contributed by atoms with Crippen LogP contribution in [0.3, 0.4) is 0 Å². The van der Waals surface area contributed by atoms with Gasteiger partial charge in [0.15, 0.2) is 0 Å². The maximum absolute atomic E-state index is 13.3. The van der Waals surface area contributed by atoms with Crippen LogP contribution in [0.5, 0.6) is 0 Å². The zero-order chi connectivity index (χ0) is 10.8. The number of hydrazine groups is 1. The van der Waals surface area contributed by atoms with Gasteiger partial charge in [0.25, 0.3) is 0 Å². The van der Waals surface area contributed by atoms with Crippen molar-refractivity contribution in [3.05, 3.63) is 34.1 Å². The quantitative estimate of drug-likeness (QED) is 0.374. The molecule has 1 aromatic rings. The van der Waals surface area contributed by atoms with Crippen molar-refractivity contribution in [2.45, 2.75) is 18.9 Å². The Kier molecular flexibility index (Phi) is 3.02. The van der Waals surface area contributed by atoms with Gasteiger partial charge in [0.2, 0.25) is 0 Å². The van der Waals surface area contributed by atoms with Crippen molar-refractivity contribution in [1.29, 1.82) is 0 Å². The molecule has 0 bridgehead atoms. The van der Waals surface area contributed by atoms with Crippen molar-refractivity contribution in [3.63, 3.8) is 0 Å². The minimum absolute atomic E-state index is 0.314. The Morgan fingerprint density at radius 1 is 1.53 bits per heavy atom. The van der Waals surface area contributed by atoms with E-state index in [-0.39, 0.29) is 5.82 Å². The summed E-state index contributed by atoms with van der Waals surface area (Å²) in [5, 5.41) is 0. The summed E-state index contributed by atoms with van der Waals surface area (Å²) in [5.74, 6) is 5.59. The predicted molar refractivity (Wildman–Crippen MR) is 61.0 cm³/mol. The first-order chi connectivity index (χ1) is 7.20. The van der Waals surface area contributed by atoms with Crippen molar-refractivity contribution < 1.29 is 4.39 Å². The van der Waals surface area contributed by atoms with Gasteiger partial charge in [-0.2, -0.15) is 0 Å². The van der Waals surface area contributed by atoms with Crippen LogP contribution in [-0.4, -0.2) is 11.9 Å². The highest BCUT2D eigenvalue weighted by atomic mass is 79.9. The van der Waals surface area contributed by atoms with Crippen LogP contribution in [0.4, 0.5) is 4.39 Å². The Morgan fingerprint density at radius 3 is 2.80 bits per heavy atom. The average molecular weight is 272 g/mol. The van der Waals surface area contributed by atoms with Gasteiger partial charge in [0.1, 0.15) is 11.7 Å². The number of nitrogens with two attached hydrogens (primary N) is 1. The van der Waals surface area contributed by atoms with E-state index >= 15 is 0 Å². The van der Waals surface area contributed by atoms with E-state index < -0.39 is 0 Å². The third kappa shape index (κ3) is 2.54. The van der Waals surface area contributed by atoms with Crippen LogP contribution in [0.25, 0.3) is 0 Å². The molecule has 0 atom stereocenters. The number of nitrogens with one attached hydrogen (secondary N) is 1. The van der Waals surface area contributed by atoms with E-state index in [1.54, 1.807) is 12.1 Å². The molecule has 80 valence electrons. The van der Waals surface area contributed by atoms with E-state index in [9.17, 15) is 4.39 Å². The fraction of sp³-hybridized carbons (Fsp3) is 0.300. The minimum Gasteiger partial charge on any atom is -0.308 e. The van der Waals surface area contributed by atoms with Gasteiger partial charge in [-0.15, -0.1) is 0 Å². The van der Waals surface area contributed by atoms with Gasteiger partial charge in [-0.25, -0.2) is 10.2 Å². The lowest BCUT2D eigenvalue weighted by Gasteiger charge is -2.06. The average Bonchev–Trinajstić information content (AvgIpc) is 3.02. The molecule has 1 aliphatic carbocycles. The predicted octanol–water partition coefficient (Wildman–Crippen LogP) is 1.96. The Labute approximate surface area is 95.7 Å². The summed E-state index contributed by atoms with van der Waals surface area (Å²) in [6, 6.07) is 5.17. The summed E-state index contributed by atoms with van der Waals surface area (Å²) in [6.07, 6.45) is 2.17. The highest BCUT2D eigenvalue weighted by molar-refractivity contribution is 9.10. The lowest BCUT2D eigenvalue weighted by molar-refractivity contribution is 0.620. The molecule has 0 unspecified atom stereocenters. The fourth-order valence-electron chi connectivity index (χ4n) is 1.22. The summed E-state index contributed by atoms with van der Waals surface area (Å²) in [7, 11) is 0. The van der Waals surface area contributed by atoms with Crippen LogP contribution in [0.2, 0.25) is 0 Å². The summed E-state index contributed by atoms with van der Waals surface area (Å²) >= 11 is 3.10. The Hall–Kier alpha value is -0.940. The van der Waals surface area contributed by atoms with Crippen LogP contribution < -0.4 is 11.3 Å². The normalized spacial score (nSPS) is 16.6. The third-order valence-corrected chi connectivity index (χ3v) is 2.83. The molecule has 0 heterocycles. The molecule has 3 N–H and O–H groups in total. The number of hydrogen-bond donors (Lipinski definition) is 2. The highest BCUT2D eigenvalue weighted by Crippen LogP contribution is 2.24. The molecule has 0 amide bonds. The van der Waals surface area contributed by atoms with Crippen LogP contribution in [-0.2, 0) is 0 Å². The zero-order valence-corrected chi connectivity index (χ0v) is 9.59. The van der Waals surface area contributed by atoms with Crippen molar-refractivity contribution in [2.24, 2.45) is 10.8 Å². The molecular formula is C10H11BrFN3. The fourth-order valence-corrected chi connectivity index (χ4v) is 1.47. The summed E-state index contributed by atoms with van der Waals surface area (Å²) in [6.45, 7) is 0. The molecular weight excluding hydrogens is 261 g/mol. The molecule has 2 rings (SSSR count). The number of amidine groups is 1. The summed E-state index contributed by atoms with van der Waals surface area (Å²) in [4.78, 5) is 4.35. The highest BCUT2D eigenvalue weighted by Gasteiger charge is 2.21. The molecule has 1 aromatic carbocycles. The molecule has 3 nitrogen and oxygen atoms in total. The van der Waals surface area contributed by atoms with Gasteiger partial charge in [-0.3, -0.25) is 4.99 Å². The second-order valence-corrected chi connectivity index (χ2v) is 4.34. The van der Waals surface area contributed by atoms with Crippen LogP contribution in [0.15, 0.2) is 27.7 Å². The van der Waals surface area contributed by atoms with Crippen molar-refractivity contribution in [3.8, 4) is 0 Å². The van der Waals surface area contributed by atoms with Crippen LogP contribution in [0.1, 0.15) is 18.4 Å². The standard InChI is InChI=1S/C10H11BrFN3/c11-8-4-1-6(5-9(8)12)10(15-13)14-7-2-3-7/h1,4-5,7H,2-3,13H2,(H,14,15). The molecule has 0 spiro atoms. The van der Waals surface area contributed by atoms with Crippen molar-refractivity contribution in [1.82, 2.24) is 5.43 Å². The maximum atomic E-state index is 13.3. The number of nitrogens with zero attached hydrogens (tertiary/aromatic N) is 1. The molecule has 0 aromatic heterocycles. The molecule has 0 radical (unpaired) electrons. The van der Waals surface area contributed by atoms with E-state index in [1.165, 1.54) is 6.07 Å². The van der Waals surface area contributed by atoms with E-state index in [2.05, 4.69) is 26.3 Å². The number of hydrogen-bond acceptors (Lipinski definition) is 2. The van der Waals surface area contributed by atoms with Gasteiger partial charge in [0.05, 0.1) is 10.5 Å². The first-order valence-electron chi connectivity index (χ1n) is 4.70. The summed E-state index contributed by atoms with van der Waals surface area (Å²) < 4.78 is 13.7. The third-order valence-electron chi connectivity index (χ3n) is 2.19. The topological polar surface area (TPSA) is 50.4 Å². The van der Waals surface area contributed by atoms with Crippen LogP contribution >= 0.6 is 15.9 Å². The molecule has 0 aliphatic heterocycles. The van der Waals surface area contributed by atoms with Crippen LogP contribution in [0, 0.1) is 5.82 Å². The zero-order valence-electron chi connectivity index (χ0n) is 8.00. The lowest BCUT2D eigenvalue weighted by Crippen LogP contribution is -2.31. The van der Waals surface area contributed by atoms with E-state index in [0.29, 0.717) is 21.9 Å². The van der Waals surface area contributed by atoms with Crippen molar-refractivity contribution >= 4 is 21.8 Å². The molecule has 0 saturated heterocycles. The number of aliphatic imine (C=N–C) groups is 1. The monoisotopic (exact) mass is 271 g/mol. The number of rotatable bonds is 2. The molecule has 1 aliphatic rings. The van der Waals surface area contributed by atoms with Gasteiger partial charge in [-0.1, -0.05) is 0 Å². The first kappa shape index (κ1) is 10.6. The molecule has 5 heteroatoms. The SMILES string of the molecule is NNC(=NC1CC1)c1ccc(Br)c(F)c1. The minimum atomic E-state index is -0.314. The van der Waals surface area contributed by atoms with Gasteiger partial charge in [0, 0.05) is 5.56 Å². The number of halogens is 2. The van der Waals surface area contributed by atoms with E-state index in [1.807, 2.05) is 0 Å². The Balaban J connectivity index is 2.29. The summed E-state index contributed by atoms with van der Waals surface area (Å²) in [5.41, 5.74) is 3.18. The molecule has 1 fully saturated rings. The van der Waals surface area contributed by atoms with E-state index in [4.69, 9.17) is 5.84 Å². The second-order valence-electron chi connectivity index (χ2n) is 3.48. The smallest absolute Gasteiger partial charge is 0.142 e. The largest absolute Gasteiger partial charge is 0.308 e. The van der Waals surface area contributed by atoms with Gasteiger partial charge in [-0.05, 0) is 47.0 Å². The second kappa shape index (κ2) is 4.28. The number of benzene rings is 1. The molecule has 15 heavy (non-hydrogen) atoms. The maximum Gasteiger partial charge on any atom is 0.142 e. The first-order valence-corrected chi connectivity index (χ1v) is 5.50.